The molecule has 0 aliphatic carbocycles. The van der Waals surface area contributed by atoms with Crippen molar-refractivity contribution >= 4 is 5.97 Å². The van der Waals surface area contributed by atoms with E-state index in [0.29, 0.717) is 0 Å². The lowest BCUT2D eigenvalue weighted by Gasteiger charge is -2.16. The van der Waals surface area contributed by atoms with Gasteiger partial charge >= 0.3 is 12.1 Å². The third-order valence-electron chi connectivity index (χ3n) is 2.73. The van der Waals surface area contributed by atoms with E-state index in [9.17, 15) is 18.0 Å². The van der Waals surface area contributed by atoms with Crippen LogP contribution in [0.3, 0.4) is 0 Å². The molecular formula is C14H18F3NO3. The summed E-state index contributed by atoms with van der Waals surface area (Å²) >= 11 is 0. The molecule has 0 bridgehead atoms. The van der Waals surface area contributed by atoms with Crippen LogP contribution in [0.2, 0.25) is 0 Å². The summed E-state index contributed by atoms with van der Waals surface area (Å²) in [7, 11) is 1.30. The Kier molecular flexibility index (Phi) is 7.18. The second kappa shape index (κ2) is 8.63. The molecule has 0 fully saturated rings. The molecule has 0 radical (unpaired) electrons. The maximum absolute atomic E-state index is 11.9. The van der Waals surface area contributed by atoms with E-state index in [2.05, 4.69) is 10.1 Å². The monoisotopic (exact) mass is 305 g/mol. The first-order valence-electron chi connectivity index (χ1n) is 6.42. The first-order chi connectivity index (χ1) is 9.94. The maximum Gasteiger partial charge on any atom is 0.411 e. The largest absolute Gasteiger partial charge is 0.469 e. The number of halogens is 3. The standard InChI is InChI=1S/C14H18F3NO3/c1-20-13(19)12(11-5-3-2-4-6-11)9-18-7-8-21-10-14(15,16)17/h2-6,12,18H,7-10H2,1H3. The minimum atomic E-state index is -4.32. The van der Waals surface area contributed by atoms with Crippen molar-refractivity contribution < 1.29 is 27.4 Å². The van der Waals surface area contributed by atoms with Crippen LogP contribution in [0, 0.1) is 0 Å². The average Bonchev–Trinajstić information content (AvgIpc) is 2.45. The first kappa shape index (κ1) is 17.5. The number of methoxy groups -OCH3 is 1. The number of carbonyl (C=O) groups is 1. The van der Waals surface area contributed by atoms with Gasteiger partial charge in [-0.2, -0.15) is 13.2 Å². The van der Waals surface area contributed by atoms with Gasteiger partial charge in [0.05, 0.1) is 19.6 Å². The summed E-state index contributed by atoms with van der Waals surface area (Å²) in [6, 6.07) is 9.03. The Morgan fingerprint density at radius 1 is 1.29 bits per heavy atom. The molecule has 1 rings (SSSR count). The SMILES string of the molecule is COC(=O)C(CNCCOCC(F)(F)F)c1ccccc1. The van der Waals surface area contributed by atoms with Gasteiger partial charge in [-0.15, -0.1) is 0 Å². The number of hydrogen-bond donors (Lipinski definition) is 1. The third-order valence-corrected chi connectivity index (χ3v) is 2.73. The molecule has 1 N–H and O–H groups in total. The van der Waals surface area contributed by atoms with Crippen molar-refractivity contribution in [3.63, 3.8) is 0 Å². The normalized spacial score (nSPS) is 13.0. The fourth-order valence-electron chi connectivity index (χ4n) is 1.74. The smallest absolute Gasteiger partial charge is 0.411 e. The lowest BCUT2D eigenvalue weighted by atomic mass is 9.99. The van der Waals surface area contributed by atoms with Gasteiger partial charge in [-0.25, -0.2) is 0 Å². The van der Waals surface area contributed by atoms with Gasteiger partial charge in [0.25, 0.3) is 0 Å². The first-order valence-corrected chi connectivity index (χ1v) is 6.42. The lowest BCUT2D eigenvalue weighted by Crippen LogP contribution is -2.31. The van der Waals surface area contributed by atoms with Crippen LogP contribution in [0.4, 0.5) is 13.2 Å². The molecule has 0 aromatic heterocycles. The van der Waals surface area contributed by atoms with E-state index in [1.807, 2.05) is 6.07 Å². The number of ether oxygens (including phenoxy) is 2. The molecule has 21 heavy (non-hydrogen) atoms. The molecule has 1 aromatic carbocycles. The Labute approximate surface area is 121 Å². The Hall–Kier alpha value is -1.60. The van der Waals surface area contributed by atoms with Crippen molar-refractivity contribution in [3.8, 4) is 0 Å². The van der Waals surface area contributed by atoms with Gasteiger partial charge in [-0.1, -0.05) is 30.3 Å². The van der Waals surface area contributed by atoms with Crippen molar-refractivity contribution in [1.29, 1.82) is 0 Å². The molecule has 0 saturated carbocycles. The van der Waals surface area contributed by atoms with E-state index in [1.165, 1.54) is 7.11 Å². The lowest BCUT2D eigenvalue weighted by molar-refractivity contribution is -0.173. The summed E-state index contributed by atoms with van der Waals surface area (Å²) in [4.78, 5) is 11.7. The van der Waals surface area contributed by atoms with Gasteiger partial charge < -0.3 is 14.8 Å². The number of hydrogen-bond acceptors (Lipinski definition) is 4. The minimum absolute atomic E-state index is 0.0812. The van der Waals surface area contributed by atoms with E-state index < -0.39 is 24.7 Å². The average molecular weight is 305 g/mol. The van der Waals surface area contributed by atoms with Crippen LogP contribution in [-0.4, -0.2) is 45.6 Å². The summed E-state index contributed by atoms with van der Waals surface area (Å²) in [5, 5.41) is 2.89. The molecule has 1 aromatic rings. The van der Waals surface area contributed by atoms with Gasteiger partial charge in [0, 0.05) is 13.1 Å². The van der Waals surface area contributed by atoms with E-state index in [-0.39, 0.29) is 19.7 Å². The van der Waals surface area contributed by atoms with Crippen LogP contribution < -0.4 is 5.32 Å². The highest BCUT2D eigenvalue weighted by Crippen LogP contribution is 2.16. The quantitative estimate of drug-likeness (QED) is 0.590. The molecule has 0 aliphatic rings. The Morgan fingerprint density at radius 3 is 2.52 bits per heavy atom. The van der Waals surface area contributed by atoms with E-state index in [4.69, 9.17) is 4.74 Å². The van der Waals surface area contributed by atoms with Crippen LogP contribution in [0.25, 0.3) is 0 Å². The van der Waals surface area contributed by atoms with Crippen molar-refractivity contribution in [2.75, 3.05) is 33.4 Å². The highest BCUT2D eigenvalue weighted by atomic mass is 19.4. The number of carbonyl (C=O) groups excluding carboxylic acids is 1. The Bertz CT molecular complexity index is 423. The van der Waals surface area contributed by atoms with Gasteiger partial charge in [0.2, 0.25) is 0 Å². The summed E-state index contributed by atoms with van der Waals surface area (Å²) in [6.45, 7) is -0.863. The Balaban J connectivity index is 2.37. The summed E-state index contributed by atoms with van der Waals surface area (Å²) in [5.74, 6) is -0.899. The van der Waals surface area contributed by atoms with Crippen LogP contribution in [0.15, 0.2) is 30.3 Å². The topological polar surface area (TPSA) is 47.6 Å². The number of alkyl halides is 3. The highest BCUT2D eigenvalue weighted by molar-refractivity contribution is 5.78. The van der Waals surface area contributed by atoms with Crippen LogP contribution in [0.1, 0.15) is 11.5 Å². The molecule has 118 valence electrons. The molecule has 0 saturated heterocycles. The third kappa shape index (κ3) is 7.10. The zero-order chi connectivity index (χ0) is 15.7. The van der Waals surface area contributed by atoms with Crippen LogP contribution >= 0.6 is 0 Å². The maximum atomic E-state index is 11.9. The number of nitrogens with one attached hydrogen (secondary N) is 1. The molecule has 1 unspecified atom stereocenters. The van der Waals surface area contributed by atoms with E-state index in [1.54, 1.807) is 24.3 Å². The summed E-state index contributed by atoms with van der Waals surface area (Å²) in [6.07, 6.45) is -4.32. The number of rotatable bonds is 8. The van der Waals surface area contributed by atoms with Gasteiger partial charge in [-0.05, 0) is 5.56 Å². The van der Waals surface area contributed by atoms with Crippen molar-refractivity contribution in [3.05, 3.63) is 35.9 Å². The van der Waals surface area contributed by atoms with Crippen LogP contribution in [-0.2, 0) is 14.3 Å². The van der Waals surface area contributed by atoms with Gasteiger partial charge in [0.1, 0.15) is 6.61 Å². The van der Waals surface area contributed by atoms with Crippen molar-refractivity contribution in [1.82, 2.24) is 5.32 Å². The summed E-state index contributed by atoms with van der Waals surface area (Å²) in [5.41, 5.74) is 0.785. The molecule has 0 amide bonds. The highest BCUT2D eigenvalue weighted by Gasteiger charge is 2.27. The minimum Gasteiger partial charge on any atom is -0.469 e. The molecule has 0 spiro atoms. The van der Waals surface area contributed by atoms with Gasteiger partial charge in [-0.3, -0.25) is 4.79 Å². The zero-order valence-corrected chi connectivity index (χ0v) is 11.7. The van der Waals surface area contributed by atoms with E-state index in [0.717, 1.165) is 5.56 Å². The van der Waals surface area contributed by atoms with Gasteiger partial charge in [0.15, 0.2) is 0 Å². The zero-order valence-electron chi connectivity index (χ0n) is 11.7. The van der Waals surface area contributed by atoms with E-state index >= 15 is 0 Å². The molecule has 0 heterocycles. The predicted molar refractivity (Wildman–Crippen MR) is 70.9 cm³/mol. The second-order valence-electron chi connectivity index (χ2n) is 4.36. The molecule has 4 nitrogen and oxygen atoms in total. The molecular weight excluding hydrogens is 287 g/mol. The van der Waals surface area contributed by atoms with Crippen molar-refractivity contribution in [2.24, 2.45) is 0 Å². The Morgan fingerprint density at radius 2 is 1.95 bits per heavy atom. The predicted octanol–water partition coefficient (Wildman–Crippen LogP) is 2.11. The molecule has 1 atom stereocenters. The summed E-state index contributed by atoms with van der Waals surface area (Å²) < 4.78 is 44.8. The van der Waals surface area contributed by atoms with Crippen molar-refractivity contribution in [2.45, 2.75) is 12.1 Å². The molecule has 7 heteroatoms. The fourth-order valence-corrected chi connectivity index (χ4v) is 1.74. The number of esters is 1. The number of benzene rings is 1. The fraction of sp³-hybridized carbons (Fsp3) is 0.500. The van der Waals surface area contributed by atoms with Crippen LogP contribution in [0.5, 0.6) is 0 Å². The molecule has 0 aliphatic heterocycles. The second-order valence-corrected chi connectivity index (χ2v) is 4.36.